The third-order valence-corrected chi connectivity index (χ3v) is 6.21. The van der Waals surface area contributed by atoms with Crippen LogP contribution in [0.15, 0.2) is 29.2 Å². The third kappa shape index (κ3) is 4.95. The molecule has 1 fully saturated rings. The number of sulfone groups is 1. The molecule has 1 aliphatic rings. The van der Waals surface area contributed by atoms with Crippen LogP contribution in [0.4, 0.5) is 4.79 Å². The molecule has 140 valence electrons. The average molecular weight is 369 g/mol. The van der Waals surface area contributed by atoms with E-state index in [-0.39, 0.29) is 4.90 Å². The minimum absolute atomic E-state index is 0.125. The lowest BCUT2D eigenvalue weighted by molar-refractivity contribution is 0.0141. The van der Waals surface area contributed by atoms with E-state index in [1.165, 1.54) is 12.1 Å². The molecule has 1 atom stereocenters. The number of ether oxygens (including phenoxy) is 1. The molecule has 1 aromatic carbocycles. The van der Waals surface area contributed by atoms with Gasteiger partial charge in [-0.2, -0.15) is 0 Å². The van der Waals surface area contributed by atoms with Gasteiger partial charge in [0.1, 0.15) is 5.60 Å². The molecule has 0 aliphatic carbocycles. The minimum Gasteiger partial charge on any atom is -0.444 e. The van der Waals surface area contributed by atoms with E-state index in [0.29, 0.717) is 25.9 Å². The predicted molar refractivity (Wildman–Crippen MR) is 94.9 cm³/mol. The molecule has 7 heteroatoms. The summed E-state index contributed by atoms with van der Waals surface area (Å²) in [6, 6.07) is 6.46. The highest BCUT2D eigenvalue weighted by molar-refractivity contribution is 7.91. The quantitative estimate of drug-likeness (QED) is 0.886. The van der Waals surface area contributed by atoms with Crippen molar-refractivity contribution in [3.8, 4) is 0 Å². The number of nitrogens with zero attached hydrogens (tertiary/aromatic N) is 1. The van der Waals surface area contributed by atoms with Crippen molar-refractivity contribution in [3.05, 3.63) is 29.8 Å². The summed E-state index contributed by atoms with van der Waals surface area (Å²) in [5.74, 6) is -0.398. The average Bonchev–Trinajstić information content (AvgIpc) is 2.53. The first-order valence-electron chi connectivity index (χ1n) is 8.47. The SMILES string of the molecule is Cc1ccc(S(=O)(=O)C(O)C2CCN(C(=O)OC(C)(C)C)CC2)cc1. The van der Waals surface area contributed by atoms with E-state index in [1.54, 1.807) is 37.8 Å². The second-order valence-corrected chi connectivity index (χ2v) is 9.60. The van der Waals surface area contributed by atoms with Gasteiger partial charge in [0.2, 0.25) is 9.84 Å². The van der Waals surface area contributed by atoms with Gasteiger partial charge in [0, 0.05) is 19.0 Å². The van der Waals surface area contributed by atoms with E-state index in [1.807, 2.05) is 6.92 Å². The summed E-state index contributed by atoms with van der Waals surface area (Å²) in [4.78, 5) is 13.8. The van der Waals surface area contributed by atoms with Gasteiger partial charge in [0.05, 0.1) is 4.90 Å². The van der Waals surface area contributed by atoms with Crippen molar-refractivity contribution in [1.29, 1.82) is 0 Å². The van der Waals surface area contributed by atoms with Crippen LogP contribution in [0.5, 0.6) is 0 Å². The molecule has 1 amide bonds. The zero-order chi connectivity index (χ0) is 18.8. The van der Waals surface area contributed by atoms with Crippen molar-refractivity contribution in [2.45, 2.75) is 56.5 Å². The van der Waals surface area contributed by atoms with Crippen molar-refractivity contribution in [3.63, 3.8) is 0 Å². The molecule has 1 N–H and O–H groups in total. The summed E-state index contributed by atoms with van der Waals surface area (Å²) in [7, 11) is -3.80. The summed E-state index contributed by atoms with van der Waals surface area (Å²) >= 11 is 0. The highest BCUT2D eigenvalue weighted by Gasteiger charge is 2.36. The first kappa shape index (κ1) is 19.7. The monoisotopic (exact) mass is 369 g/mol. The van der Waals surface area contributed by atoms with E-state index in [4.69, 9.17) is 4.74 Å². The van der Waals surface area contributed by atoms with Crippen molar-refractivity contribution < 1.29 is 23.1 Å². The van der Waals surface area contributed by atoms with Crippen molar-refractivity contribution in [1.82, 2.24) is 4.90 Å². The summed E-state index contributed by atoms with van der Waals surface area (Å²) in [6.07, 6.45) is 0.443. The summed E-state index contributed by atoms with van der Waals surface area (Å²) in [6.45, 7) is 8.03. The Morgan fingerprint density at radius 2 is 1.72 bits per heavy atom. The standard InChI is InChI=1S/C18H27NO5S/c1-13-5-7-15(8-6-13)25(22,23)16(20)14-9-11-19(12-10-14)17(21)24-18(2,3)4/h5-8,14,16,20H,9-12H2,1-4H3. The van der Waals surface area contributed by atoms with E-state index in [9.17, 15) is 18.3 Å². The third-order valence-electron chi connectivity index (χ3n) is 4.26. The number of aliphatic hydroxyl groups is 1. The van der Waals surface area contributed by atoms with Gasteiger partial charge in [-0.1, -0.05) is 17.7 Å². The minimum atomic E-state index is -3.80. The normalized spacial score (nSPS) is 18.0. The Balaban J connectivity index is 2.00. The van der Waals surface area contributed by atoms with Gasteiger partial charge >= 0.3 is 6.09 Å². The number of carbonyl (C=O) groups is 1. The van der Waals surface area contributed by atoms with Gasteiger partial charge in [0.25, 0.3) is 0 Å². The molecule has 1 aromatic rings. The molecule has 0 saturated carbocycles. The van der Waals surface area contributed by atoms with Crippen molar-refractivity contribution in [2.75, 3.05) is 13.1 Å². The lowest BCUT2D eigenvalue weighted by atomic mass is 9.98. The Morgan fingerprint density at radius 3 is 2.20 bits per heavy atom. The van der Waals surface area contributed by atoms with Crippen LogP contribution >= 0.6 is 0 Å². The lowest BCUT2D eigenvalue weighted by Crippen LogP contribution is -2.44. The maximum atomic E-state index is 12.6. The molecular formula is C18H27NO5S. The number of hydrogen-bond acceptors (Lipinski definition) is 5. The van der Waals surface area contributed by atoms with Crippen LogP contribution in [0.3, 0.4) is 0 Å². The number of amides is 1. The Hall–Kier alpha value is -1.60. The first-order valence-corrected chi connectivity index (χ1v) is 10.0. The maximum Gasteiger partial charge on any atom is 0.410 e. The van der Waals surface area contributed by atoms with Crippen LogP contribution < -0.4 is 0 Å². The van der Waals surface area contributed by atoms with Gasteiger partial charge in [0.15, 0.2) is 5.44 Å². The highest BCUT2D eigenvalue weighted by Crippen LogP contribution is 2.28. The number of piperidine rings is 1. The molecule has 0 radical (unpaired) electrons. The molecule has 1 aliphatic heterocycles. The zero-order valence-electron chi connectivity index (χ0n) is 15.2. The number of benzene rings is 1. The molecule has 1 unspecified atom stereocenters. The number of hydrogen-bond donors (Lipinski definition) is 1. The first-order chi connectivity index (χ1) is 11.5. The zero-order valence-corrected chi connectivity index (χ0v) is 16.0. The molecule has 0 bridgehead atoms. The molecule has 1 heterocycles. The Kier molecular flexibility index (Phi) is 5.79. The topological polar surface area (TPSA) is 83.9 Å². The van der Waals surface area contributed by atoms with Gasteiger partial charge in [-0.05, 0) is 52.7 Å². The highest BCUT2D eigenvalue weighted by atomic mass is 32.2. The van der Waals surface area contributed by atoms with Crippen LogP contribution in [0.1, 0.15) is 39.2 Å². The number of likely N-dealkylation sites (tertiary alicyclic amines) is 1. The molecule has 25 heavy (non-hydrogen) atoms. The van der Waals surface area contributed by atoms with Crippen molar-refractivity contribution >= 4 is 15.9 Å². The Labute approximate surface area is 149 Å². The fourth-order valence-electron chi connectivity index (χ4n) is 2.81. The second kappa shape index (κ2) is 7.33. The molecule has 0 spiro atoms. The smallest absolute Gasteiger partial charge is 0.410 e. The van der Waals surface area contributed by atoms with Gasteiger partial charge in [-0.15, -0.1) is 0 Å². The maximum absolute atomic E-state index is 12.6. The largest absolute Gasteiger partial charge is 0.444 e. The number of aliphatic hydroxyl groups excluding tert-OH is 1. The number of rotatable bonds is 3. The fraction of sp³-hybridized carbons (Fsp3) is 0.611. The van der Waals surface area contributed by atoms with Gasteiger partial charge < -0.3 is 14.7 Å². The summed E-state index contributed by atoms with van der Waals surface area (Å²) in [5.41, 5.74) is -1.07. The number of carbonyl (C=O) groups excluding carboxylic acids is 1. The van der Waals surface area contributed by atoms with Crippen LogP contribution in [-0.2, 0) is 14.6 Å². The van der Waals surface area contributed by atoms with Crippen LogP contribution in [-0.4, -0.2) is 48.6 Å². The van der Waals surface area contributed by atoms with Gasteiger partial charge in [-0.25, -0.2) is 13.2 Å². The van der Waals surface area contributed by atoms with E-state index < -0.39 is 32.9 Å². The molecule has 2 rings (SSSR count). The molecule has 6 nitrogen and oxygen atoms in total. The predicted octanol–water partition coefficient (Wildman–Crippen LogP) is 2.73. The van der Waals surface area contributed by atoms with E-state index in [2.05, 4.69) is 0 Å². The van der Waals surface area contributed by atoms with E-state index >= 15 is 0 Å². The Bertz CT molecular complexity index is 698. The fourth-order valence-corrected chi connectivity index (χ4v) is 4.39. The Morgan fingerprint density at radius 1 is 1.20 bits per heavy atom. The molecule has 0 aromatic heterocycles. The van der Waals surface area contributed by atoms with Crippen LogP contribution in [0.25, 0.3) is 0 Å². The van der Waals surface area contributed by atoms with E-state index in [0.717, 1.165) is 5.56 Å². The molecular weight excluding hydrogens is 342 g/mol. The number of aryl methyl sites for hydroxylation is 1. The second-order valence-electron chi connectivity index (χ2n) is 7.55. The van der Waals surface area contributed by atoms with Crippen LogP contribution in [0.2, 0.25) is 0 Å². The molecule has 1 saturated heterocycles. The van der Waals surface area contributed by atoms with Crippen LogP contribution in [0, 0.1) is 12.8 Å². The lowest BCUT2D eigenvalue weighted by Gasteiger charge is -2.34. The van der Waals surface area contributed by atoms with Gasteiger partial charge in [-0.3, -0.25) is 0 Å². The summed E-state index contributed by atoms with van der Waals surface area (Å²) in [5, 5.41) is 10.4. The summed E-state index contributed by atoms with van der Waals surface area (Å²) < 4.78 is 30.5. The van der Waals surface area contributed by atoms with Crippen molar-refractivity contribution in [2.24, 2.45) is 5.92 Å².